The zero-order valence-corrected chi connectivity index (χ0v) is 15.0. The van der Waals surface area contributed by atoms with Gasteiger partial charge in [0.1, 0.15) is 6.54 Å². The number of fused-ring (bicyclic) bond motifs is 2. The molecule has 3 aromatic rings. The van der Waals surface area contributed by atoms with Gasteiger partial charge in [0.25, 0.3) is 11.8 Å². The quantitative estimate of drug-likeness (QED) is 0.671. The van der Waals surface area contributed by atoms with Crippen LogP contribution < -0.4 is 5.32 Å². The molecule has 0 fully saturated rings. The lowest BCUT2D eigenvalue weighted by Gasteiger charge is -2.17. The molecule has 0 aliphatic carbocycles. The Morgan fingerprint density at radius 1 is 0.893 bits per heavy atom. The number of aliphatic hydroxyl groups excluding tert-OH is 1. The average molecular weight is 374 g/mol. The molecule has 28 heavy (non-hydrogen) atoms. The highest BCUT2D eigenvalue weighted by atomic mass is 16.3. The number of aliphatic hydroxyl groups is 1. The Morgan fingerprint density at radius 3 is 2.21 bits per heavy atom. The molecule has 3 amide bonds. The van der Waals surface area contributed by atoms with Gasteiger partial charge in [-0.25, -0.2) is 0 Å². The number of amides is 3. The number of carbonyl (C=O) groups excluding carboxylic acids is 3. The number of hydrogen-bond acceptors (Lipinski definition) is 4. The summed E-state index contributed by atoms with van der Waals surface area (Å²) in [6.45, 7) is -0.398. The van der Waals surface area contributed by atoms with E-state index >= 15 is 0 Å². The van der Waals surface area contributed by atoms with Gasteiger partial charge < -0.3 is 10.4 Å². The van der Waals surface area contributed by atoms with E-state index in [9.17, 15) is 19.5 Å². The van der Waals surface area contributed by atoms with Crippen LogP contribution in [0.15, 0.2) is 66.7 Å². The van der Waals surface area contributed by atoms with Crippen LogP contribution in [0.4, 0.5) is 0 Å². The van der Waals surface area contributed by atoms with E-state index in [0.717, 1.165) is 15.7 Å². The van der Waals surface area contributed by atoms with Crippen molar-refractivity contribution in [2.75, 3.05) is 13.1 Å². The second-order valence-electron chi connectivity index (χ2n) is 6.63. The van der Waals surface area contributed by atoms with Crippen molar-refractivity contribution in [1.29, 1.82) is 0 Å². The Morgan fingerprint density at radius 2 is 1.50 bits per heavy atom. The summed E-state index contributed by atoms with van der Waals surface area (Å²) in [6.07, 6.45) is -0.905. The fourth-order valence-electron chi connectivity index (χ4n) is 3.44. The monoisotopic (exact) mass is 374 g/mol. The maximum atomic E-state index is 12.3. The summed E-state index contributed by atoms with van der Waals surface area (Å²) in [5.41, 5.74) is 1.31. The summed E-state index contributed by atoms with van der Waals surface area (Å²) in [5, 5.41) is 15.0. The van der Waals surface area contributed by atoms with Gasteiger partial charge >= 0.3 is 0 Å². The lowest BCUT2D eigenvalue weighted by molar-refractivity contribution is -0.121. The zero-order chi connectivity index (χ0) is 19.7. The maximum absolute atomic E-state index is 12.3. The van der Waals surface area contributed by atoms with E-state index in [4.69, 9.17) is 0 Å². The molecule has 1 aliphatic rings. The van der Waals surface area contributed by atoms with Gasteiger partial charge in [-0.1, -0.05) is 54.6 Å². The van der Waals surface area contributed by atoms with Crippen LogP contribution in [0, 0.1) is 0 Å². The van der Waals surface area contributed by atoms with Crippen LogP contribution in [-0.4, -0.2) is 40.8 Å². The first-order chi connectivity index (χ1) is 13.6. The van der Waals surface area contributed by atoms with E-state index in [1.165, 1.54) is 0 Å². The Kier molecular flexibility index (Phi) is 4.63. The summed E-state index contributed by atoms with van der Waals surface area (Å²) in [7, 11) is 0. The van der Waals surface area contributed by atoms with E-state index in [-0.39, 0.29) is 13.1 Å². The Bertz CT molecular complexity index is 1050. The van der Waals surface area contributed by atoms with Gasteiger partial charge in [-0.05, 0) is 28.5 Å². The van der Waals surface area contributed by atoms with Gasteiger partial charge in [-0.2, -0.15) is 0 Å². The number of rotatable bonds is 5. The van der Waals surface area contributed by atoms with Gasteiger partial charge in [0.05, 0.1) is 17.2 Å². The summed E-state index contributed by atoms with van der Waals surface area (Å²) < 4.78 is 0. The largest absolute Gasteiger partial charge is 0.387 e. The number of imide groups is 1. The molecule has 0 bridgehead atoms. The van der Waals surface area contributed by atoms with Crippen LogP contribution in [0.25, 0.3) is 10.8 Å². The van der Waals surface area contributed by atoms with E-state index in [1.807, 2.05) is 42.5 Å². The van der Waals surface area contributed by atoms with Gasteiger partial charge in [0.2, 0.25) is 5.91 Å². The maximum Gasteiger partial charge on any atom is 0.262 e. The minimum Gasteiger partial charge on any atom is -0.387 e. The predicted octanol–water partition coefficient (Wildman–Crippen LogP) is 2.29. The molecule has 2 N–H and O–H groups in total. The molecule has 1 heterocycles. The molecule has 6 heteroatoms. The van der Waals surface area contributed by atoms with Crippen molar-refractivity contribution in [1.82, 2.24) is 10.2 Å². The van der Waals surface area contributed by atoms with Crippen molar-refractivity contribution >= 4 is 28.5 Å². The number of nitrogens with zero attached hydrogens (tertiary/aromatic N) is 1. The molecule has 0 radical (unpaired) electrons. The third-order valence-corrected chi connectivity index (χ3v) is 4.85. The topological polar surface area (TPSA) is 86.7 Å². The molecule has 0 saturated carbocycles. The summed E-state index contributed by atoms with van der Waals surface area (Å²) in [4.78, 5) is 37.8. The van der Waals surface area contributed by atoms with Crippen LogP contribution in [0.2, 0.25) is 0 Å². The van der Waals surface area contributed by atoms with E-state index in [2.05, 4.69) is 5.32 Å². The van der Waals surface area contributed by atoms with Crippen molar-refractivity contribution in [3.63, 3.8) is 0 Å². The zero-order valence-electron chi connectivity index (χ0n) is 15.0. The fourth-order valence-corrected chi connectivity index (χ4v) is 3.44. The van der Waals surface area contributed by atoms with Crippen LogP contribution in [0.5, 0.6) is 0 Å². The second kappa shape index (κ2) is 7.25. The fraction of sp³-hybridized carbons (Fsp3) is 0.136. The number of benzene rings is 3. The van der Waals surface area contributed by atoms with E-state index in [0.29, 0.717) is 16.7 Å². The van der Waals surface area contributed by atoms with E-state index < -0.39 is 23.8 Å². The highest BCUT2D eigenvalue weighted by molar-refractivity contribution is 6.22. The Labute approximate surface area is 161 Å². The second-order valence-corrected chi connectivity index (χ2v) is 6.63. The first kappa shape index (κ1) is 17.9. The molecule has 1 unspecified atom stereocenters. The molecule has 0 saturated heterocycles. The van der Waals surface area contributed by atoms with Crippen molar-refractivity contribution in [2.24, 2.45) is 0 Å². The van der Waals surface area contributed by atoms with Crippen LogP contribution in [-0.2, 0) is 4.79 Å². The van der Waals surface area contributed by atoms with Gasteiger partial charge in [0, 0.05) is 6.54 Å². The molecule has 6 nitrogen and oxygen atoms in total. The molecule has 1 aliphatic heterocycles. The van der Waals surface area contributed by atoms with Crippen molar-refractivity contribution in [3.8, 4) is 0 Å². The van der Waals surface area contributed by atoms with Crippen molar-refractivity contribution in [2.45, 2.75) is 6.10 Å². The van der Waals surface area contributed by atoms with Crippen LogP contribution >= 0.6 is 0 Å². The Balaban J connectivity index is 1.41. The summed E-state index contributed by atoms with van der Waals surface area (Å²) in [6, 6.07) is 19.8. The lowest BCUT2D eigenvalue weighted by atomic mass is 10.0. The number of carbonyl (C=O) groups is 3. The molecule has 1 atom stereocenters. The summed E-state index contributed by atoms with van der Waals surface area (Å²) >= 11 is 0. The molecule has 4 rings (SSSR count). The minimum absolute atomic E-state index is 0.0178. The highest BCUT2D eigenvalue weighted by Crippen LogP contribution is 2.24. The van der Waals surface area contributed by atoms with Gasteiger partial charge in [0.15, 0.2) is 0 Å². The lowest BCUT2D eigenvalue weighted by Crippen LogP contribution is -2.41. The normalized spacial score (nSPS) is 14.2. The van der Waals surface area contributed by atoms with Crippen LogP contribution in [0.1, 0.15) is 32.4 Å². The smallest absolute Gasteiger partial charge is 0.262 e. The molecule has 0 aromatic heterocycles. The highest BCUT2D eigenvalue weighted by Gasteiger charge is 2.36. The van der Waals surface area contributed by atoms with Gasteiger partial charge in [-0.3, -0.25) is 19.3 Å². The third kappa shape index (κ3) is 3.14. The Hall–Kier alpha value is -3.51. The van der Waals surface area contributed by atoms with Crippen molar-refractivity contribution in [3.05, 3.63) is 83.4 Å². The number of hydrogen-bond donors (Lipinski definition) is 2. The van der Waals surface area contributed by atoms with Gasteiger partial charge in [-0.15, -0.1) is 0 Å². The van der Waals surface area contributed by atoms with Crippen LogP contribution in [0.3, 0.4) is 0 Å². The third-order valence-electron chi connectivity index (χ3n) is 4.85. The molecule has 140 valence electrons. The minimum atomic E-state index is -0.905. The van der Waals surface area contributed by atoms with Crippen molar-refractivity contribution < 1.29 is 19.5 Å². The predicted molar refractivity (Wildman–Crippen MR) is 104 cm³/mol. The average Bonchev–Trinajstić information content (AvgIpc) is 2.96. The molecular formula is C22H18N2O4. The molecular weight excluding hydrogens is 356 g/mol. The molecule has 0 spiro atoms. The first-order valence-electron chi connectivity index (χ1n) is 8.94. The summed E-state index contributed by atoms with van der Waals surface area (Å²) in [5.74, 6) is -1.47. The molecule has 3 aromatic carbocycles. The first-order valence-corrected chi connectivity index (χ1v) is 8.94. The standard InChI is InChI=1S/C22H18N2O4/c25-19(16-11-5-7-14-6-1-2-8-15(14)16)12-23-20(26)13-24-21(27)17-9-3-4-10-18(17)22(24)28/h1-11,19,25H,12-13H2,(H,23,26). The SMILES string of the molecule is O=C(CN1C(=O)c2ccccc2C1=O)NCC(O)c1cccc2ccccc12. The number of nitrogens with one attached hydrogen (secondary N) is 1. The van der Waals surface area contributed by atoms with E-state index in [1.54, 1.807) is 24.3 Å².